The van der Waals surface area contributed by atoms with Gasteiger partial charge in [0.05, 0.1) is 11.4 Å². The van der Waals surface area contributed by atoms with Crippen LogP contribution in [0.1, 0.15) is 0 Å². The Morgan fingerprint density at radius 2 is 1.16 bits per heavy atom. The highest BCUT2D eigenvalue weighted by Crippen LogP contribution is 2.69. The van der Waals surface area contributed by atoms with Crippen LogP contribution < -0.4 is 21.2 Å². The van der Waals surface area contributed by atoms with Crippen molar-refractivity contribution in [2.75, 3.05) is 12.3 Å². The Labute approximate surface area is 158 Å². The standard InChI is InChI=1S/C21H21NPS2/c1-4-10-18(11-5-1)23(19-12-6-2-7-13-19,20-14-8-3-9-15-20)25-21-22-16-17-24-21/h1-15,21-22H,16-17H2/q+1. The second-order valence-electron chi connectivity index (χ2n) is 5.88. The van der Waals surface area contributed by atoms with E-state index in [1.165, 1.54) is 21.7 Å². The van der Waals surface area contributed by atoms with Gasteiger partial charge < -0.3 is 0 Å². The molecule has 0 aliphatic carbocycles. The van der Waals surface area contributed by atoms with Crippen LogP contribution in [-0.2, 0) is 0 Å². The van der Waals surface area contributed by atoms with Gasteiger partial charge in [-0.1, -0.05) is 54.6 Å². The van der Waals surface area contributed by atoms with Gasteiger partial charge in [-0.25, -0.2) is 0 Å². The van der Waals surface area contributed by atoms with Gasteiger partial charge in [-0.3, -0.25) is 5.32 Å². The van der Waals surface area contributed by atoms with Crippen molar-refractivity contribution in [2.24, 2.45) is 0 Å². The van der Waals surface area contributed by atoms with Gasteiger partial charge in [-0.2, -0.15) is 0 Å². The molecule has 4 rings (SSSR count). The van der Waals surface area contributed by atoms with Crippen molar-refractivity contribution in [3.8, 4) is 0 Å². The molecule has 1 saturated heterocycles. The summed E-state index contributed by atoms with van der Waals surface area (Å²) in [6, 6.07) is 33.2. The van der Waals surface area contributed by atoms with E-state index in [9.17, 15) is 0 Å². The zero-order chi connectivity index (χ0) is 17.0. The maximum Gasteiger partial charge on any atom is 0.173 e. The third kappa shape index (κ3) is 3.52. The third-order valence-corrected chi connectivity index (χ3v) is 13.6. The molecule has 1 atom stereocenters. The first-order valence-corrected chi connectivity index (χ1v) is 12.8. The number of thioether (sulfide) groups is 1. The molecular weight excluding hydrogens is 361 g/mol. The predicted molar refractivity (Wildman–Crippen MR) is 117 cm³/mol. The average molecular weight is 383 g/mol. The van der Waals surface area contributed by atoms with Crippen LogP contribution in [0.4, 0.5) is 0 Å². The molecule has 1 unspecified atom stereocenters. The lowest BCUT2D eigenvalue weighted by molar-refractivity contribution is 0.856. The van der Waals surface area contributed by atoms with Crippen molar-refractivity contribution in [1.82, 2.24) is 5.32 Å². The fraction of sp³-hybridized carbons (Fsp3) is 0.143. The number of hydrogen-bond donors (Lipinski definition) is 1. The molecule has 3 aromatic rings. The molecule has 25 heavy (non-hydrogen) atoms. The van der Waals surface area contributed by atoms with E-state index in [1.54, 1.807) is 0 Å². The van der Waals surface area contributed by atoms with Crippen LogP contribution in [0, 0.1) is 0 Å². The van der Waals surface area contributed by atoms with Gasteiger partial charge in [0.15, 0.2) is 6.46 Å². The molecule has 0 radical (unpaired) electrons. The normalized spacial score (nSPS) is 17.5. The number of rotatable bonds is 5. The molecule has 0 aromatic heterocycles. The fourth-order valence-corrected chi connectivity index (χ4v) is 12.9. The minimum atomic E-state index is -1.77. The van der Waals surface area contributed by atoms with Crippen LogP contribution >= 0.6 is 29.6 Å². The summed E-state index contributed by atoms with van der Waals surface area (Å²) >= 11 is 4.15. The Morgan fingerprint density at radius 3 is 1.52 bits per heavy atom. The van der Waals surface area contributed by atoms with E-state index in [0.29, 0.717) is 4.71 Å². The van der Waals surface area contributed by atoms with Gasteiger partial charge in [0.2, 0.25) is 0 Å². The first kappa shape index (κ1) is 17.2. The van der Waals surface area contributed by atoms with Crippen LogP contribution in [0.5, 0.6) is 0 Å². The Morgan fingerprint density at radius 1 is 0.720 bits per heavy atom. The SMILES string of the molecule is c1ccc([P+](SC2NCCS2)(c2ccccc2)c2ccccc2)cc1. The van der Waals surface area contributed by atoms with E-state index < -0.39 is 6.46 Å². The Bertz CT molecular complexity index is 693. The van der Waals surface area contributed by atoms with Gasteiger partial charge >= 0.3 is 0 Å². The van der Waals surface area contributed by atoms with Crippen LogP contribution in [0.25, 0.3) is 0 Å². The first-order valence-electron chi connectivity index (χ1n) is 8.49. The Balaban J connectivity index is 1.93. The summed E-state index contributed by atoms with van der Waals surface area (Å²) in [5.74, 6) is 1.19. The van der Waals surface area contributed by atoms with Crippen molar-refractivity contribution in [2.45, 2.75) is 4.71 Å². The van der Waals surface area contributed by atoms with Crippen molar-refractivity contribution < 1.29 is 0 Å². The second-order valence-corrected chi connectivity index (χ2v) is 13.1. The maximum absolute atomic E-state index is 3.67. The molecule has 1 N–H and O–H groups in total. The highest BCUT2D eigenvalue weighted by atomic mass is 32.7. The molecule has 1 heterocycles. The lowest BCUT2D eigenvalue weighted by Gasteiger charge is -2.27. The molecule has 1 aliphatic heterocycles. The van der Waals surface area contributed by atoms with Crippen molar-refractivity contribution in [3.05, 3.63) is 91.0 Å². The summed E-state index contributed by atoms with van der Waals surface area (Å²) < 4.78 is 0.439. The van der Waals surface area contributed by atoms with Crippen LogP contribution in [0.15, 0.2) is 91.0 Å². The van der Waals surface area contributed by atoms with Gasteiger partial charge in [0.25, 0.3) is 0 Å². The molecule has 1 fully saturated rings. The zero-order valence-corrected chi connectivity index (χ0v) is 16.4. The summed E-state index contributed by atoms with van der Waals surface area (Å²) in [4.78, 5) is 0. The molecule has 1 nitrogen and oxygen atoms in total. The van der Waals surface area contributed by atoms with E-state index in [-0.39, 0.29) is 0 Å². The van der Waals surface area contributed by atoms with E-state index in [4.69, 9.17) is 0 Å². The van der Waals surface area contributed by atoms with Gasteiger partial charge in [-0.15, -0.1) is 11.8 Å². The zero-order valence-electron chi connectivity index (χ0n) is 13.9. The summed E-state index contributed by atoms with van der Waals surface area (Å²) in [5, 5.41) is 7.99. The van der Waals surface area contributed by atoms with Crippen molar-refractivity contribution >= 4 is 45.5 Å². The van der Waals surface area contributed by atoms with Crippen molar-refractivity contribution in [1.29, 1.82) is 0 Å². The lowest BCUT2D eigenvalue weighted by atomic mass is 10.4. The quantitative estimate of drug-likeness (QED) is 0.663. The van der Waals surface area contributed by atoms with Crippen LogP contribution in [-0.4, -0.2) is 17.0 Å². The van der Waals surface area contributed by atoms with Crippen molar-refractivity contribution in [3.63, 3.8) is 0 Å². The van der Waals surface area contributed by atoms with E-state index in [2.05, 4.69) is 108 Å². The summed E-state index contributed by atoms with van der Waals surface area (Å²) in [7, 11) is 0. The van der Waals surface area contributed by atoms with Crippen LogP contribution in [0.2, 0.25) is 0 Å². The molecule has 0 amide bonds. The minimum absolute atomic E-state index is 0.439. The largest absolute Gasteiger partial charge is 0.293 e. The maximum atomic E-state index is 3.67. The second kappa shape index (κ2) is 7.97. The number of hydrogen-bond acceptors (Lipinski definition) is 3. The summed E-state index contributed by atoms with van der Waals surface area (Å²) in [6.45, 7) is -0.671. The smallest absolute Gasteiger partial charge is 0.173 e. The predicted octanol–water partition coefficient (Wildman–Crippen LogP) is 4.25. The molecule has 4 heteroatoms. The van der Waals surface area contributed by atoms with E-state index in [1.807, 2.05) is 11.8 Å². The van der Waals surface area contributed by atoms with Gasteiger partial charge in [0, 0.05) is 12.3 Å². The highest BCUT2D eigenvalue weighted by Gasteiger charge is 2.49. The monoisotopic (exact) mass is 382 g/mol. The molecule has 1 aliphatic rings. The topological polar surface area (TPSA) is 12.0 Å². The Kier molecular flexibility index (Phi) is 5.48. The van der Waals surface area contributed by atoms with E-state index >= 15 is 0 Å². The average Bonchev–Trinajstić information content (AvgIpc) is 3.21. The van der Waals surface area contributed by atoms with Gasteiger partial charge in [0.1, 0.15) is 20.6 Å². The molecule has 0 bridgehead atoms. The highest BCUT2D eigenvalue weighted by molar-refractivity contribution is 8.71. The lowest BCUT2D eigenvalue weighted by Crippen LogP contribution is -2.31. The minimum Gasteiger partial charge on any atom is -0.293 e. The third-order valence-electron chi connectivity index (χ3n) is 4.30. The summed E-state index contributed by atoms with van der Waals surface area (Å²) in [6.07, 6.45) is 0. The van der Waals surface area contributed by atoms with Gasteiger partial charge in [-0.05, 0) is 36.4 Å². The first-order chi connectivity index (χ1) is 12.4. The summed E-state index contributed by atoms with van der Waals surface area (Å²) in [5.41, 5.74) is 0. The molecule has 0 spiro atoms. The van der Waals surface area contributed by atoms with E-state index in [0.717, 1.165) is 6.54 Å². The number of nitrogens with one attached hydrogen (secondary N) is 1. The fourth-order valence-electron chi connectivity index (χ4n) is 3.16. The molecule has 126 valence electrons. The number of benzene rings is 3. The molecule has 0 saturated carbocycles. The molecular formula is C21H21NPS2+. The van der Waals surface area contributed by atoms with Crippen LogP contribution in [0.3, 0.4) is 0 Å². The Hall–Kier alpha value is -1.25. The molecule has 3 aromatic carbocycles.